The molecule has 0 aromatic carbocycles. The second-order valence-corrected chi connectivity index (χ2v) is 6.44. The lowest BCUT2D eigenvalue weighted by molar-refractivity contribution is -0.161. The second-order valence-electron chi connectivity index (χ2n) is 6.22. The normalized spacial score (nSPS) is 18.2. The smallest absolute Gasteiger partial charge is 0.410 e. The van der Waals surface area contributed by atoms with Crippen LogP contribution >= 0.6 is 11.6 Å². The summed E-state index contributed by atoms with van der Waals surface area (Å²) in [6, 6.07) is -0.180. The molecule has 0 unspecified atom stereocenters. The van der Waals surface area contributed by atoms with Crippen LogP contribution in [0, 0.1) is 5.41 Å². The van der Waals surface area contributed by atoms with Gasteiger partial charge in [0.2, 0.25) is 0 Å². The number of likely N-dealkylation sites (tertiary alicyclic amines) is 1. The van der Waals surface area contributed by atoms with Gasteiger partial charge in [0.25, 0.3) is 0 Å². The molecule has 0 atom stereocenters. The molecule has 1 saturated heterocycles. The minimum atomic E-state index is -0.734. The maximum atomic E-state index is 12.1. The molecule has 1 rings (SSSR count). The van der Waals surface area contributed by atoms with Crippen LogP contribution in [0.1, 0.15) is 33.6 Å². The third kappa shape index (κ3) is 5.04. The average molecular weight is 322 g/mol. The number of esters is 1. The van der Waals surface area contributed by atoms with Crippen LogP contribution in [0.3, 0.4) is 0 Å². The van der Waals surface area contributed by atoms with Crippen LogP contribution in [0.2, 0.25) is 0 Å². The molecule has 0 aromatic rings. The lowest BCUT2D eigenvalue weighted by atomic mass is 9.79. The number of piperidine rings is 1. The summed E-state index contributed by atoms with van der Waals surface area (Å²) in [5.41, 5.74) is -1.27. The van der Waals surface area contributed by atoms with Gasteiger partial charge in [0.15, 0.2) is 6.07 Å². The van der Waals surface area contributed by atoms with Gasteiger partial charge in [-0.15, -0.1) is 0 Å². The molecule has 0 saturated carbocycles. The zero-order valence-corrected chi connectivity index (χ0v) is 13.9. The zero-order chi connectivity index (χ0) is 16.1. The quantitative estimate of drug-likeness (QED) is 0.587. The standard InChI is InChI=1S/C14H24ClNO5/c1-13(2,3)21-12(18)16-7-5-14(6-8-16,9-19-4)11(17)20-10-15/h5-10H2,1-4H3. The number of carbonyl (C=O) groups excluding carboxylic acids is 2. The fourth-order valence-electron chi connectivity index (χ4n) is 2.33. The number of methoxy groups -OCH3 is 1. The average Bonchev–Trinajstić information content (AvgIpc) is 2.38. The molecule has 0 aliphatic carbocycles. The molecule has 7 heteroatoms. The van der Waals surface area contributed by atoms with Gasteiger partial charge in [-0.25, -0.2) is 4.79 Å². The van der Waals surface area contributed by atoms with Crippen molar-refractivity contribution in [2.75, 3.05) is 32.9 Å². The number of amides is 1. The number of halogens is 1. The Bertz CT molecular complexity index is 372. The Morgan fingerprint density at radius 1 is 1.24 bits per heavy atom. The van der Waals surface area contributed by atoms with Crippen molar-refractivity contribution in [1.82, 2.24) is 4.90 Å². The molecule has 122 valence electrons. The molecule has 0 radical (unpaired) electrons. The summed E-state index contributed by atoms with van der Waals surface area (Å²) >= 11 is 5.46. The Morgan fingerprint density at radius 3 is 2.24 bits per heavy atom. The summed E-state index contributed by atoms with van der Waals surface area (Å²) in [5.74, 6) is -0.372. The van der Waals surface area contributed by atoms with Crippen molar-refractivity contribution in [3.05, 3.63) is 0 Å². The van der Waals surface area contributed by atoms with E-state index >= 15 is 0 Å². The number of ether oxygens (including phenoxy) is 3. The highest BCUT2D eigenvalue weighted by Crippen LogP contribution is 2.34. The minimum Gasteiger partial charge on any atom is -0.449 e. The summed E-state index contributed by atoms with van der Waals surface area (Å²) in [6.07, 6.45) is 0.574. The molecule has 1 heterocycles. The molecule has 0 N–H and O–H groups in total. The topological polar surface area (TPSA) is 65.1 Å². The van der Waals surface area contributed by atoms with Gasteiger partial charge < -0.3 is 19.1 Å². The van der Waals surface area contributed by atoms with Gasteiger partial charge in [-0.2, -0.15) is 0 Å². The molecule has 1 amide bonds. The van der Waals surface area contributed by atoms with E-state index in [2.05, 4.69) is 0 Å². The summed E-state index contributed by atoms with van der Waals surface area (Å²) in [7, 11) is 1.54. The van der Waals surface area contributed by atoms with Crippen LogP contribution in [0.15, 0.2) is 0 Å². The maximum absolute atomic E-state index is 12.1. The predicted molar refractivity (Wildman–Crippen MR) is 78.2 cm³/mol. The van der Waals surface area contributed by atoms with Crippen LogP contribution in [0.25, 0.3) is 0 Å². The van der Waals surface area contributed by atoms with Gasteiger partial charge in [0.1, 0.15) is 5.60 Å². The van der Waals surface area contributed by atoms with E-state index in [1.807, 2.05) is 20.8 Å². The zero-order valence-electron chi connectivity index (χ0n) is 13.1. The third-order valence-corrected chi connectivity index (χ3v) is 3.52. The van der Waals surface area contributed by atoms with Crippen LogP contribution in [0.5, 0.6) is 0 Å². The molecule has 1 fully saturated rings. The van der Waals surface area contributed by atoms with Crippen molar-refractivity contribution in [2.24, 2.45) is 5.41 Å². The lowest BCUT2D eigenvalue weighted by Gasteiger charge is -2.39. The maximum Gasteiger partial charge on any atom is 0.410 e. The molecule has 0 bridgehead atoms. The minimum absolute atomic E-state index is 0.180. The van der Waals surface area contributed by atoms with Gasteiger partial charge in [-0.1, -0.05) is 11.6 Å². The molecule has 21 heavy (non-hydrogen) atoms. The van der Waals surface area contributed by atoms with Gasteiger partial charge in [-0.3, -0.25) is 4.79 Å². The van der Waals surface area contributed by atoms with Crippen LogP contribution in [0.4, 0.5) is 4.79 Å². The molecule has 0 aromatic heterocycles. The van der Waals surface area contributed by atoms with Crippen molar-refractivity contribution >= 4 is 23.7 Å². The SMILES string of the molecule is COCC1(C(=O)OCCl)CCN(C(=O)OC(C)(C)C)CC1. The third-order valence-electron chi connectivity index (χ3n) is 3.41. The van der Waals surface area contributed by atoms with Crippen molar-refractivity contribution < 1.29 is 23.8 Å². The van der Waals surface area contributed by atoms with E-state index in [9.17, 15) is 9.59 Å². The number of hydrogen-bond acceptors (Lipinski definition) is 5. The van der Waals surface area contributed by atoms with Crippen molar-refractivity contribution in [3.63, 3.8) is 0 Å². The highest BCUT2D eigenvalue weighted by Gasteiger charge is 2.44. The first kappa shape index (κ1) is 18.0. The monoisotopic (exact) mass is 321 g/mol. The summed E-state index contributed by atoms with van der Waals surface area (Å²) < 4.78 is 15.4. The van der Waals surface area contributed by atoms with Crippen LogP contribution < -0.4 is 0 Å². The van der Waals surface area contributed by atoms with Crippen molar-refractivity contribution in [3.8, 4) is 0 Å². The van der Waals surface area contributed by atoms with Gasteiger partial charge in [-0.05, 0) is 33.6 Å². The molecule has 6 nitrogen and oxygen atoms in total. The van der Waals surface area contributed by atoms with E-state index in [0.717, 1.165) is 0 Å². The first-order chi connectivity index (χ1) is 9.74. The van der Waals surface area contributed by atoms with Gasteiger partial charge >= 0.3 is 12.1 Å². The lowest BCUT2D eigenvalue weighted by Crippen LogP contribution is -2.50. The summed E-state index contributed by atoms with van der Waals surface area (Å²) in [4.78, 5) is 25.7. The highest BCUT2D eigenvalue weighted by atomic mass is 35.5. The Hall–Kier alpha value is -1.01. The summed E-state index contributed by atoms with van der Waals surface area (Å²) in [6.45, 7) is 6.57. The van der Waals surface area contributed by atoms with E-state index in [1.54, 1.807) is 4.90 Å². The van der Waals surface area contributed by atoms with Crippen LogP contribution in [-0.2, 0) is 19.0 Å². The molecular formula is C14H24ClNO5. The van der Waals surface area contributed by atoms with Crippen LogP contribution in [-0.4, -0.2) is 55.4 Å². The summed E-state index contributed by atoms with van der Waals surface area (Å²) in [5, 5.41) is 0. The number of nitrogens with zero attached hydrogens (tertiary/aromatic N) is 1. The van der Waals surface area contributed by atoms with E-state index in [0.29, 0.717) is 25.9 Å². The Morgan fingerprint density at radius 2 is 1.81 bits per heavy atom. The number of alkyl halides is 1. The molecule has 0 spiro atoms. The molecule has 1 aliphatic heterocycles. The van der Waals surface area contributed by atoms with Gasteiger partial charge in [0, 0.05) is 20.2 Å². The van der Waals surface area contributed by atoms with E-state index in [-0.39, 0.29) is 24.7 Å². The van der Waals surface area contributed by atoms with Gasteiger partial charge in [0.05, 0.1) is 12.0 Å². The van der Waals surface area contributed by atoms with E-state index in [1.165, 1.54) is 7.11 Å². The largest absolute Gasteiger partial charge is 0.449 e. The fraction of sp³-hybridized carbons (Fsp3) is 0.857. The number of rotatable bonds is 4. The fourth-order valence-corrected chi connectivity index (χ4v) is 2.43. The second kappa shape index (κ2) is 7.31. The van der Waals surface area contributed by atoms with Crippen molar-refractivity contribution in [1.29, 1.82) is 0 Å². The van der Waals surface area contributed by atoms with Crippen molar-refractivity contribution in [2.45, 2.75) is 39.2 Å². The number of carbonyl (C=O) groups is 2. The Balaban J connectivity index is 2.66. The van der Waals surface area contributed by atoms with E-state index in [4.69, 9.17) is 25.8 Å². The highest BCUT2D eigenvalue weighted by molar-refractivity contribution is 6.17. The first-order valence-corrected chi connectivity index (χ1v) is 7.47. The number of hydrogen-bond donors (Lipinski definition) is 0. The molecule has 1 aliphatic rings. The Kier molecular flexibility index (Phi) is 6.28. The first-order valence-electron chi connectivity index (χ1n) is 6.94. The molecular weight excluding hydrogens is 298 g/mol. The van der Waals surface area contributed by atoms with E-state index < -0.39 is 11.0 Å². The predicted octanol–water partition coefficient (Wildman–Crippen LogP) is 2.39. The Labute approximate surface area is 130 Å².